The summed E-state index contributed by atoms with van der Waals surface area (Å²) in [5, 5.41) is 9.75. The molecule has 0 bridgehead atoms. The summed E-state index contributed by atoms with van der Waals surface area (Å²) in [5.41, 5.74) is 6.50. The standard InChI is InChI=1S/C18H22O/c1-13-7-4-5-10-17(13)16(12-19)11-18-14(2)8-6-9-15(18)3/h4-10,16,19H,11-12H2,1-3H3. The molecular formula is C18H22O. The summed E-state index contributed by atoms with van der Waals surface area (Å²) in [6.07, 6.45) is 0.903. The number of hydrogen-bond acceptors (Lipinski definition) is 1. The number of aliphatic hydroxyl groups excluding tert-OH is 1. The van der Waals surface area contributed by atoms with Gasteiger partial charge in [0, 0.05) is 5.92 Å². The molecule has 0 radical (unpaired) electrons. The molecule has 0 aromatic heterocycles. The molecule has 0 spiro atoms. The quantitative estimate of drug-likeness (QED) is 0.876. The van der Waals surface area contributed by atoms with Crippen LogP contribution >= 0.6 is 0 Å². The van der Waals surface area contributed by atoms with Gasteiger partial charge in [0.2, 0.25) is 0 Å². The smallest absolute Gasteiger partial charge is 0.0503 e. The molecule has 1 heteroatoms. The molecule has 0 saturated heterocycles. The van der Waals surface area contributed by atoms with Gasteiger partial charge < -0.3 is 5.11 Å². The molecule has 1 atom stereocenters. The number of aliphatic hydroxyl groups is 1. The van der Waals surface area contributed by atoms with Crippen LogP contribution in [0.5, 0.6) is 0 Å². The first-order valence-corrected chi connectivity index (χ1v) is 6.85. The first-order chi connectivity index (χ1) is 9.13. The highest BCUT2D eigenvalue weighted by atomic mass is 16.3. The van der Waals surface area contributed by atoms with Gasteiger partial charge in [-0.2, -0.15) is 0 Å². The van der Waals surface area contributed by atoms with E-state index in [-0.39, 0.29) is 12.5 Å². The molecule has 2 aromatic rings. The summed E-state index contributed by atoms with van der Waals surface area (Å²) in [4.78, 5) is 0. The minimum atomic E-state index is 0.181. The van der Waals surface area contributed by atoms with E-state index in [9.17, 15) is 5.11 Å². The Hall–Kier alpha value is -1.60. The maximum atomic E-state index is 9.75. The Morgan fingerprint density at radius 2 is 1.42 bits per heavy atom. The molecule has 0 fully saturated rings. The van der Waals surface area contributed by atoms with Crippen LogP contribution < -0.4 is 0 Å². The summed E-state index contributed by atoms with van der Waals surface area (Å²) in [7, 11) is 0. The minimum absolute atomic E-state index is 0.181. The van der Waals surface area contributed by atoms with Crippen molar-refractivity contribution in [1.29, 1.82) is 0 Å². The van der Waals surface area contributed by atoms with E-state index in [1.54, 1.807) is 0 Å². The van der Waals surface area contributed by atoms with E-state index in [0.29, 0.717) is 0 Å². The summed E-state index contributed by atoms with van der Waals surface area (Å²) in [6, 6.07) is 14.7. The van der Waals surface area contributed by atoms with Crippen LogP contribution in [0.4, 0.5) is 0 Å². The van der Waals surface area contributed by atoms with E-state index in [1.165, 1.54) is 27.8 Å². The van der Waals surface area contributed by atoms with Gasteiger partial charge in [0.15, 0.2) is 0 Å². The van der Waals surface area contributed by atoms with E-state index in [1.807, 2.05) is 6.07 Å². The van der Waals surface area contributed by atoms with Crippen molar-refractivity contribution in [2.75, 3.05) is 6.61 Å². The van der Waals surface area contributed by atoms with E-state index in [0.717, 1.165) is 6.42 Å². The van der Waals surface area contributed by atoms with Crippen LogP contribution in [-0.2, 0) is 6.42 Å². The minimum Gasteiger partial charge on any atom is -0.396 e. The van der Waals surface area contributed by atoms with E-state index < -0.39 is 0 Å². The van der Waals surface area contributed by atoms with E-state index in [2.05, 4.69) is 57.2 Å². The summed E-state index contributed by atoms with van der Waals surface area (Å²) < 4.78 is 0. The maximum Gasteiger partial charge on any atom is 0.0503 e. The molecule has 0 aliphatic carbocycles. The fourth-order valence-electron chi connectivity index (χ4n) is 2.74. The van der Waals surface area contributed by atoms with E-state index >= 15 is 0 Å². The number of hydrogen-bond donors (Lipinski definition) is 1. The molecule has 1 nitrogen and oxygen atoms in total. The van der Waals surface area contributed by atoms with Crippen molar-refractivity contribution in [2.24, 2.45) is 0 Å². The molecule has 0 aliphatic heterocycles. The fraction of sp³-hybridized carbons (Fsp3) is 0.333. The average molecular weight is 254 g/mol. The highest BCUT2D eigenvalue weighted by molar-refractivity contribution is 5.37. The Labute approximate surface area is 115 Å². The molecule has 1 N–H and O–H groups in total. The van der Waals surface area contributed by atoms with Crippen LogP contribution in [0.1, 0.15) is 33.7 Å². The second-order valence-electron chi connectivity index (χ2n) is 5.31. The van der Waals surface area contributed by atoms with Gasteiger partial charge in [0.1, 0.15) is 0 Å². The van der Waals surface area contributed by atoms with Crippen molar-refractivity contribution in [3.05, 3.63) is 70.3 Å². The zero-order chi connectivity index (χ0) is 13.8. The van der Waals surface area contributed by atoms with E-state index in [4.69, 9.17) is 0 Å². The number of benzene rings is 2. The van der Waals surface area contributed by atoms with Crippen molar-refractivity contribution in [2.45, 2.75) is 33.1 Å². The molecule has 1 unspecified atom stereocenters. The third-order valence-corrected chi connectivity index (χ3v) is 3.94. The first kappa shape index (κ1) is 13.8. The molecular weight excluding hydrogens is 232 g/mol. The Morgan fingerprint density at radius 1 is 0.842 bits per heavy atom. The highest BCUT2D eigenvalue weighted by Gasteiger charge is 2.15. The van der Waals surface area contributed by atoms with Gasteiger partial charge in [0.25, 0.3) is 0 Å². The molecule has 100 valence electrons. The SMILES string of the molecule is Cc1ccccc1C(CO)Cc1c(C)cccc1C. The zero-order valence-corrected chi connectivity index (χ0v) is 12.0. The maximum absolute atomic E-state index is 9.75. The van der Waals surface area contributed by atoms with Crippen LogP contribution in [0.2, 0.25) is 0 Å². The van der Waals surface area contributed by atoms with Crippen molar-refractivity contribution in [3.63, 3.8) is 0 Å². The summed E-state index contributed by atoms with van der Waals surface area (Å²) in [5.74, 6) is 0.181. The van der Waals surface area contributed by atoms with Crippen LogP contribution in [0.15, 0.2) is 42.5 Å². The lowest BCUT2D eigenvalue weighted by atomic mass is 9.87. The molecule has 0 saturated carbocycles. The monoisotopic (exact) mass is 254 g/mol. The van der Waals surface area contributed by atoms with Gasteiger partial charge in [-0.05, 0) is 55.0 Å². The van der Waals surface area contributed by atoms with Crippen LogP contribution in [-0.4, -0.2) is 11.7 Å². The predicted molar refractivity (Wildman–Crippen MR) is 80.6 cm³/mol. The van der Waals surface area contributed by atoms with Gasteiger partial charge >= 0.3 is 0 Å². The lowest BCUT2D eigenvalue weighted by Gasteiger charge is -2.19. The molecule has 19 heavy (non-hydrogen) atoms. The van der Waals surface area contributed by atoms with Crippen molar-refractivity contribution in [3.8, 4) is 0 Å². The summed E-state index contributed by atoms with van der Waals surface area (Å²) >= 11 is 0. The molecule has 0 amide bonds. The molecule has 2 rings (SSSR count). The Bertz CT molecular complexity index is 537. The Kier molecular flexibility index (Phi) is 4.39. The first-order valence-electron chi connectivity index (χ1n) is 6.85. The van der Waals surface area contributed by atoms with Crippen molar-refractivity contribution >= 4 is 0 Å². The molecule has 0 aliphatic rings. The van der Waals surface area contributed by atoms with Gasteiger partial charge in [-0.15, -0.1) is 0 Å². The molecule has 2 aromatic carbocycles. The van der Waals surface area contributed by atoms with Crippen LogP contribution in [0.3, 0.4) is 0 Å². The van der Waals surface area contributed by atoms with Crippen molar-refractivity contribution in [1.82, 2.24) is 0 Å². The fourth-order valence-corrected chi connectivity index (χ4v) is 2.74. The second kappa shape index (κ2) is 6.03. The highest BCUT2D eigenvalue weighted by Crippen LogP contribution is 2.26. The number of rotatable bonds is 4. The Morgan fingerprint density at radius 3 is 2.00 bits per heavy atom. The van der Waals surface area contributed by atoms with Gasteiger partial charge in [-0.25, -0.2) is 0 Å². The third-order valence-electron chi connectivity index (χ3n) is 3.94. The van der Waals surface area contributed by atoms with Gasteiger partial charge in [-0.3, -0.25) is 0 Å². The summed E-state index contributed by atoms with van der Waals surface area (Å²) in [6.45, 7) is 6.60. The predicted octanol–water partition coefficient (Wildman–Crippen LogP) is 3.93. The topological polar surface area (TPSA) is 20.2 Å². The van der Waals surface area contributed by atoms with Crippen LogP contribution in [0.25, 0.3) is 0 Å². The zero-order valence-electron chi connectivity index (χ0n) is 12.0. The average Bonchev–Trinajstić information content (AvgIpc) is 2.40. The lowest BCUT2D eigenvalue weighted by Crippen LogP contribution is -2.11. The number of aryl methyl sites for hydroxylation is 3. The largest absolute Gasteiger partial charge is 0.396 e. The lowest BCUT2D eigenvalue weighted by molar-refractivity contribution is 0.264. The molecule has 0 heterocycles. The van der Waals surface area contributed by atoms with Crippen LogP contribution in [0, 0.1) is 20.8 Å². The van der Waals surface area contributed by atoms with Gasteiger partial charge in [-0.1, -0.05) is 42.5 Å². The second-order valence-corrected chi connectivity index (χ2v) is 5.31. The Balaban J connectivity index is 2.32. The van der Waals surface area contributed by atoms with Gasteiger partial charge in [0.05, 0.1) is 6.61 Å². The normalized spacial score (nSPS) is 12.4. The third kappa shape index (κ3) is 3.05. The van der Waals surface area contributed by atoms with Crippen molar-refractivity contribution < 1.29 is 5.11 Å².